The average molecular weight is 268 g/mol. The van der Waals surface area contributed by atoms with E-state index >= 15 is 0 Å². The van der Waals surface area contributed by atoms with Gasteiger partial charge in [-0.2, -0.15) is 0 Å². The molecule has 3 N–H and O–H groups in total. The van der Waals surface area contributed by atoms with Crippen LogP contribution in [0, 0.1) is 5.41 Å². The predicted molar refractivity (Wildman–Crippen MR) is 80.1 cm³/mol. The second-order valence-electron chi connectivity index (χ2n) is 7.01. The van der Waals surface area contributed by atoms with Gasteiger partial charge in [0.25, 0.3) is 0 Å². The van der Waals surface area contributed by atoms with E-state index in [2.05, 4.69) is 18.7 Å². The third-order valence-corrected chi connectivity index (χ3v) is 6.04. The van der Waals surface area contributed by atoms with Gasteiger partial charge >= 0.3 is 0 Å². The number of likely N-dealkylation sites (tertiary alicyclic amines) is 1. The summed E-state index contributed by atoms with van der Waals surface area (Å²) in [5.41, 5.74) is 6.57. The topological polar surface area (TPSA) is 49.5 Å². The Balaban J connectivity index is 1.91. The lowest BCUT2D eigenvalue weighted by molar-refractivity contribution is 0.0289. The summed E-state index contributed by atoms with van der Waals surface area (Å²) < 4.78 is 0. The van der Waals surface area contributed by atoms with Crippen LogP contribution in [0.3, 0.4) is 0 Å². The minimum atomic E-state index is -0.313. The molecule has 1 heterocycles. The fourth-order valence-electron chi connectivity index (χ4n) is 4.14. The standard InChI is InChI=1S/C16H32N2O/c1-3-15(4-2)8-10-18(11-9-15)14-6-5-7-16(17,12-14)13-19/h14,19H,3-13,17H2,1-2H3. The van der Waals surface area contributed by atoms with Crippen molar-refractivity contribution in [2.75, 3.05) is 19.7 Å². The van der Waals surface area contributed by atoms with E-state index in [-0.39, 0.29) is 12.1 Å². The summed E-state index contributed by atoms with van der Waals surface area (Å²) in [6.07, 6.45) is 9.73. The fraction of sp³-hybridized carbons (Fsp3) is 1.00. The van der Waals surface area contributed by atoms with E-state index in [4.69, 9.17) is 5.73 Å². The first-order chi connectivity index (χ1) is 9.06. The maximum atomic E-state index is 9.48. The smallest absolute Gasteiger partial charge is 0.0611 e. The Morgan fingerprint density at radius 1 is 1.16 bits per heavy atom. The molecule has 2 atom stereocenters. The zero-order chi connectivity index (χ0) is 13.9. The second kappa shape index (κ2) is 6.11. The maximum absolute atomic E-state index is 9.48. The van der Waals surface area contributed by atoms with Crippen LogP contribution in [-0.2, 0) is 0 Å². The molecule has 0 amide bonds. The summed E-state index contributed by atoms with van der Waals surface area (Å²) >= 11 is 0. The van der Waals surface area contributed by atoms with E-state index in [1.807, 2.05) is 0 Å². The molecule has 3 nitrogen and oxygen atoms in total. The number of aliphatic hydroxyl groups excluding tert-OH is 1. The van der Waals surface area contributed by atoms with Gasteiger partial charge < -0.3 is 15.7 Å². The first-order valence-corrected chi connectivity index (χ1v) is 8.20. The molecule has 0 bridgehead atoms. The summed E-state index contributed by atoms with van der Waals surface area (Å²) in [4.78, 5) is 2.65. The number of hydrogen-bond acceptors (Lipinski definition) is 3. The number of nitrogens with zero attached hydrogens (tertiary/aromatic N) is 1. The van der Waals surface area contributed by atoms with E-state index in [0.29, 0.717) is 11.5 Å². The zero-order valence-corrected chi connectivity index (χ0v) is 12.8. The maximum Gasteiger partial charge on any atom is 0.0611 e. The number of rotatable bonds is 4. The number of nitrogens with two attached hydrogens (primary N) is 1. The van der Waals surface area contributed by atoms with Crippen LogP contribution in [-0.4, -0.2) is 41.3 Å². The highest BCUT2D eigenvalue weighted by Gasteiger charge is 2.38. The molecule has 2 unspecified atom stereocenters. The Morgan fingerprint density at radius 3 is 2.32 bits per heavy atom. The third-order valence-electron chi connectivity index (χ3n) is 6.04. The van der Waals surface area contributed by atoms with Gasteiger partial charge in [0, 0.05) is 11.6 Å². The van der Waals surface area contributed by atoms with Crippen LogP contribution in [0.2, 0.25) is 0 Å². The van der Waals surface area contributed by atoms with Crippen LogP contribution in [0.25, 0.3) is 0 Å². The molecule has 2 rings (SSSR count). The van der Waals surface area contributed by atoms with Gasteiger partial charge in [-0.1, -0.05) is 26.7 Å². The Hall–Kier alpha value is -0.120. The van der Waals surface area contributed by atoms with E-state index < -0.39 is 0 Å². The molecule has 112 valence electrons. The molecule has 0 aromatic rings. The van der Waals surface area contributed by atoms with E-state index in [9.17, 15) is 5.11 Å². The van der Waals surface area contributed by atoms with Crippen LogP contribution in [0.4, 0.5) is 0 Å². The van der Waals surface area contributed by atoms with Crippen molar-refractivity contribution in [3.05, 3.63) is 0 Å². The van der Waals surface area contributed by atoms with Gasteiger partial charge in [-0.3, -0.25) is 0 Å². The fourth-order valence-corrected chi connectivity index (χ4v) is 4.14. The van der Waals surface area contributed by atoms with Crippen molar-refractivity contribution in [1.82, 2.24) is 4.90 Å². The van der Waals surface area contributed by atoms with Gasteiger partial charge in [0.1, 0.15) is 0 Å². The van der Waals surface area contributed by atoms with Crippen LogP contribution in [0.15, 0.2) is 0 Å². The molecule has 1 aliphatic carbocycles. The summed E-state index contributed by atoms with van der Waals surface area (Å²) in [6.45, 7) is 7.29. The monoisotopic (exact) mass is 268 g/mol. The lowest BCUT2D eigenvalue weighted by Crippen LogP contribution is -2.55. The Kier molecular flexibility index (Phi) is 4.91. The van der Waals surface area contributed by atoms with Crippen molar-refractivity contribution in [1.29, 1.82) is 0 Å². The SMILES string of the molecule is CCC1(CC)CCN(C2CCCC(N)(CO)C2)CC1. The first-order valence-electron chi connectivity index (χ1n) is 8.20. The molecular formula is C16H32N2O. The van der Waals surface area contributed by atoms with Crippen LogP contribution < -0.4 is 5.73 Å². The molecule has 0 radical (unpaired) electrons. The lowest BCUT2D eigenvalue weighted by atomic mass is 9.73. The van der Waals surface area contributed by atoms with Crippen molar-refractivity contribution in [3.63, 3.8) is 0 Å². The van der Waals surface area contributed by atoms with Crippen LogP contribution >= 0.6 is 0 Å². The molecule has 1 saturated carbocycles. The number of piperidine rings is 1. The van der Waals surface area contributed by atoms with Gasteiger partial charge in [-0.05, 0) is 57.0 Å². The molecule has 19 heavy (non-hydrogen) atoms. The van der Waals surface area contributed by atoms with Crippen molar-refractivity contribution in [2.24, 2.45) is 11.1 Å². The highest BCUT2D eigenvalue weighted by Crippen LogP contribution is 2.40. The van der Waals surface area contributed by atoms with Crippen LogP contribution in [0.5, 0.6) is 0 Å². The molecule has 0 spiro atoms. The van der Waals surface area contributed by atoms with E-state index in [0.717, 1.165) is 12.8 Å². The normalized spacial score (nSPS) is 36.3. The third kappa shape index (κ3) is 3.32. The zero-order valence-electron chi connectivity index (χ0n) is 12.8. The molecule has 2 fully saturated rings. The van der Waals surface area contributed by atoms with E-state index in [1.54, 1.807) is 0 Å². The van der Waals surface area contributed by atoms with E-state index in [1.165, 1.54) is 51.6 Å². The average Bonchev–Trinajstić information content (AvgIpc) is 2.47. The Morgan fingerprint density at radius 2 is 1.79 bits per heavy atom. The highest BCUT2D eigenvalue weighted by atomic mass is 16.3. The van der Waals surface area contributed by atoms with Crippen molar-refractivity contribution in [3.8, 4) is 0 Å². The lowest BCUT2D eigenvalue weighted by Gasteiger charge is -2.47. The summed E-state index contributed by atoms with van der Waals surface area (Å²) in [5, 5.41) is 9.48. The van der Waals surface area contributed by atoms with Crippen molar-refractivity contribution in [2.45, 2.75) is 76.8 Å². The van der Waals surface area contributed by atoms with Crippen molar-refractivity contribution >= 4 is 0 Å². The molecule has 0 aromatic carbocycles. The molecule has 2 aliphatic rings. The largest absolute Gasteiger partial charge is 0.394 e. The number of hydrogen-bond donors (Lipinski definition) is 2. The molecule has 0 aromatic heterocycles. The van der Waals surface area contributed by atoms with Gasteiger partial charge in [0.05, 0.1) is 6.61 Å². The second-order valence-corrected chi connectivity index (χ2v) is 7.01. The quantitative estimate of drug-likeness (QED) is 0.823. The Bertz CT molecular complexity index is 280. The minimum Gasteiger partial charge on any atom is -0.394 e. The molecule has 3 heteroatoms. The van der Waals surface area contributed by atoms with Crippen molar-refractivity contribution < 1.29 is 5.11 Å². The Labute approximate surface area is 118 Å². The minimum absolute atomic E-state index is 0.144. The highest BCUT2D eigenvalue weighted by molar-refractivity contribution is 4.95. The summed E-state index contributed by atoms with van der Waals surface area (Å²) in [5.74, 6) is 0. The molecule has 1 aliphatic heterocycles. The van der Waals surface area contributed by atoms with Gasteiger partial charge in [0.15, 0.2) is 0 Å². The van der Waals surface area contributed by atoms with Gasteiger partial charge in [-0.25, -0.2) is 0 Å². The molecule has 1 saturated heterocycles. The first kappa shape index (κ1) is 15.3. The predicted octanol–water partition coefficient (Wildman–Crippen LogP) is 2.52. The molecular weight excluding hydrogens is 236 g/mol. The van der Waals surface area contributed by atoms with Gasteiger partial charge in [0.2, 0.25) is 0 Å². The van der Waals surface area contributed by atoms with Crippen LogP contribution in [0.1, 0.15) is 65.2 Å². The summed E-state index contributed by atoms with van der Waals surface area (Å²) in [6, 6.07) is 0.609. The number of aliphatic hydroxyl groups is 1. The summed E-state index contributed by atoms with van der Waals surface area (Å²) in [7, 11) is 0. The van der Waals surface area contributed by atoms with Gasteiger partial charge in [-0.15, -0.1) is 0 Å².